The molecule has 1 aromatic rings. The Morgan fingerprint density at radius 1 is 1.47 bits per heavy atom. The van der Waals surface area contributed by atoms with Crippen LogP contribution in [0.15, 0.2) is 18.2 Å². The van der Waals surface area contributed by atoms with Gasteiger partial charge >= 0.3 is 5.97 Å². The lowest BCUT2D eigenvalue weighted by Crippen LogP contribution is -2.07. The number of benzene rings is 1. The van der Waals surface area contributed by atoms with Crippen LogP contribution in [-0.2, 0) is 11.2 Å². The lowest BCUT2D eigenvalue weighted by Gasteiger charge is -2.10. The van der Waals surface area contributed by atoms with Gasteiger partial charge in [-0.25, -0.2) is 4.79 Å². The van der Waals surface area contributed by atoms with Gasteiger partial charge in [-0.3, -0.25) is 0 Å². The molecule has 0 radical (unpaired) electrons. The Balaban J connectivity index is 3.03. The first-order chi connectivity index (χ1) is 7.20. The molecule has 0 N–H and O–H groups in total. The van der Waals surface area contributed by atoms with Crippen molar-refractivity contribution in [3.05, 3.63) is 34.9 Å². The van der Waals surface area contributed by atoms with Gasteiger partial charge in [-0.1, -0.05) is 28.1 Å². The average molecular weight is 271 g/mol. The molecule has 0 saturated heterocycles. The Hall–Kier alpha value is -0.830. The number of hydrogen-bond donors (Lipinski definition) is 0. The van der Waals surface area contributed by atoms with Crippen molar-refractivity contribution in [1.29, 1.82) is 0 Å². The summed E-state index contributed by atoms with van der Waals surface area (Å²) >= 11 is 3.39. The highest BCUT2D eigenvalue weighted by molar-refractivity contribution is 9.09. The Labute approximate surface area is 98.8 Å². The van der Waals surface area contributed by atoms with Crippen LogP contribution in [0.25, 0.3) is 0 Å². The summed E-state index contributed by atoms with van der Waals surface area (Å²) in [6.45, 7) is 2.02. The van der Waals surface area contributed by atoms with Crippen LogP contribution < -0.4 is 0 Å². The molecule has 0 aliphatic heterocycles. The van der Waals surface area contributed by atoms with Crippen molar-refractivity contribution in [2.75, 3.05) is 12.4 Å². The normalized spacial score (nSPS) is 10.1. The van der Waals surface area contributed by atoms with Crippen LogP contribution in [0.2, 0.25) is 0 Å². The van der Waals surface area contributed by atoms with Gasteiger partial charge in [0.15, 0.2) is 0 Å². The summed E-state index contributed by atoms with van der Waals surface area (Å²) in [7, 11) is 1.42. The average Bonchev–Trinajstić information content (AvgIpc) is 2.26. The number of alkyl halides is 1. The molecule has 3 heteroatoms. The van der Waals surface area contributed by atoms with Gasteiger partial charge in [0.1, 0.15) is 0 Å². The summed E-state index contributed by atoms with van der Waals surface area (Å²) in [6, 6.07) is 5.73. The standard InChI is InChI=1S/C12H15BrO2/c1-9-5-3-6-11(12(14)15-2)10(9)7-4-8-13/h3,5-6H,4,7-8H2,1-2H3. The molecule has 0 unspecified atom stereocenters. The minimum absolute atomic E-state index is 0.247. The van der Waals surface area contributed by atoms with Crippen molar-refractivity contribution in [2.45, 2.75) is 19.8 Å². The quantitative estimate of drug-likeness (QED) is 0.621. The van der Waals surface area contributed by atoms with E-state index in [1.807, 2.05) is 25.1 Å². The molecule has 0 atom stereocenters. The zero-order valence-electron chi connectivity index (χ0n) is 9.05. The van der Waals surface area contributed by atoms with Gasteiger partial charge in [-0.05, 0) is 37.0 Å². The van der Waals surface area contributed by atoms with E-state index in [1.165, 1.54) is 7.11 Å². The maximum absolute atomic E-state index is 11.5. The van der Waals surface area contributed by atoms with Crippen molar-refractivity contribution in [1.82, 2.24) is 0 Å². The van der Waals surface area contributed by atoms with E-state index >= 15 is 0 Å². The largest absolute Gasteiger partial charge is 0.465 e. The van der Waals surface area contributed by atoms with Crippen molar-refractivity contribution < 1.29 is 9.53 Å². The Morgan fingerprint density at radius 3 is 2.80 bits per heavy atom. The molecule has 0 saturated carbocycles. The molecule has 1 rings (SSSR count). The molecular formula is C12H15BrO2. The van der Waals surface area contributed by atoms with Gasteiger partial charge < -0.3 is 4.74 Å². The van der Waals surface area contributed by atoms with Crippen molar-refractivity contribution in [3.8, 4) is 0 Å². The summed E-state index contributed by atoms with van der Waals surface area (Å²) in [6.07, 6.45) is 1.93. The number of hydrogen-bond acceptors (Lipinski definition) is 2. The smallest absolute Gasteiger partial charge is 0.338 e. The zero-order valence-corrected chi connectivity index (χ0v) is 10.6. The highest BCUT2D eigenvalue weighted by atomic mass is 79.9. The van der Waals surface area contributed by atoms with Crippen LogP contribution in [0.1, 0.15) is 27.9 Å². The minimum Gasteiger partial charge on any atom is -0.465 e. The molecule has 82 valence electrons. The van der Waals surface area contributed by atoms with Crippen molar-refractivity contribution in [3.63, 3.8) is 0 Å². The number of ether oxygens (including phenoxy) is 1. The molecule has 0 aliphatic carbocycles. The monoisotopic (exact) mass is 270 g/mol. The van der Waals surface area contributed by atoms with Gasteiger partial charge in [0.05, 0.1) is 12.7 Å². The van der Waals surface area contributed by atoms with Crippen LogP contribution in [0.3, 0.4) is 0 Å². The third-order valence-corrected chi connectivity index (χ3v) is 2.94. The van der Waals surface area contributed by atoms with Gasteiger partial charge in [-0.15, -0.1) is 0 Å². The lowest BCUT2D eigenvalue weighted by molar-refractivity contribution is 0.0599. The van der Waals surface area contributed by atoms with Crippen LogP contribution in [0, 0.1) is 6.92 Å². The first-order valence-electron chi connectivity index (χ1n) is 4.93. The topological polar surface area (TPSA) is 26.3 Å². The van der Waals surface area contributed by atoms with E-state index in [0.717, 1.165) is 29.3 Å². The van der Waals surface area contributed by atoms with Gasteiger partial charge in [0, 0.05) is 5.33 Å². The van der Waals surface area contributed by atoms with Gasteiger partial charge in [-0.2, -0.15) is 0 Å². The Morgan fingerprint density at radius 2 is 2.20 bits per heavy atom. The molecular weight excluding hydrogens is 256 g/mol. The second kappa shape index (κ2) is 5.91. The molecule has 1 aromatic carbocycles. The van der Waals surface area contributed by atoms with Gasteiger partial charge in [0.2, 0.25) is 0 Å². The number of rotatable bonds is 4. The highest BCUT2D eigenvalue weighted by Crippen LogP contribution is 2.17. The Kier molecular flexibility index (Phi) is 4.82. The molecule has 0 spiro atoms. The van der Waals surface area contributed by atoms with Crippen LogP contribution >= 0.6 is 15.9 Å². The fraction of sp³-hybridized carbons (Fsp3) is 0.417. The number of carbonyl (C=O) groups excluding carboxylic acids is 1. The number of esters is 1. The van der Waals surface area contributed by atoms with Crippen molar-refractivity contribution in [2.24, 2.45) is 0 Å². The molecule has 15 heavy (non-hydrogen) atoms. The van der Waals surface area contributed by atoms with E-state index in [9.17, 15) is 4.79 Å². The number of carbonyl (C=O) groups is 1. The minimum atomic E-state index is -0.247. The predicted octanol–water partition coefficient (Wildman–Crippen LogP) is 3.11. The first-order valence-corrected chi connectivity index (χ1v) is 6.05. The van der Waals surface area contributed by atoms with E-state index in [1.54, 1.807) is 0 Å². The fourth-order valence-electron chi connectivity index (χ4n) is 1.58. The molecule has 0 heterocycles. The van der Waals surface area contributed by atoms with Crippen LogP contribution in [-0.4, -0.2) is 18.4 Å². The summed E-state index contributed by atoms with van der Waals surface area (Å²) in [5.74, 6) is -0.247. The summed E-state index contributed by atoms with van der Waals surface area (Å²) in [4.78, 5) is 11.5. The van der Waals surface area contributed by atoms with Crippen LogP contribution in [0.4, 0.5) is 0 Å². The van der Waals surface area contributed by atoms with E-state index in [2.05, 4.69) is 15.9 Å². The molecule has 0 bridgehead atoms. The molecule has 0 aliphatic rings. The molecule has 0 aromatic heterocycles. The van der Waals surface area contributed by atoms with Crippen molar-refractivity contribution >= 4 is 21.9 Å². The molecule has 0 fully saturated rings. The summed E-state index contributed by atoms with van der Waals surface area (Å²) in [5, 5.41) is 0.946. The van der Waals surface area contributed by atoms with E-state index < -0.39 is 0 Å². The maximum Gasteiger partial charge on any atom is 0.338 e. The fourth-order valence-corrected chi connectivity index (χ4v) is 1.86. The number of aryl methyl sites for hydroxylation is 1. The van der Waals surface area contributed by atoms with Gasteiger partial charge in [0.25, 0.3) is 0 Å². The van der Waals surface area contributed by atoms with E-state index in [-0.39, 0.29) is 5.97 Å². The third-order valence-electron chi connectivity index (χ3n) is 2.38. The molecule has 2 nitrogen and oxygen atoms in total. The lowest BCUT2D eigenvalue weighted by atomic mass is 9.98. The van der Waals surface area contributed by atoms with Crippen LogP contribution in [0.5, 0.6) is 0 Å². The van der Waals surface area contributed by atoms with E-state index in [0.29, 0.717) is 5.56 Å². The molecule has 0 amide bonds. The first kappa shape index (κ1) is 12.2. The zero-order chi connectivity index (χ0) is 11.3. The Bertz CT molecular complexity index is 347. The summed E-state index contributed by atoms with van der Waals surface area (Å²) in [5.41, 5.74) is 2.95. The second-order valence-corrected chi connectivity index (χ2v) is 4.18. The highest BCUT2D eigenvalue weighted by Gasteiger charge is 2.12. The van der Waals surface area contributed by atoms with E-state index in [4.69, 9.17) is 4.74 Å². The predicted molar refractivity (Wildman–Crippen MR) is 64.6 cm³/mol. The second-order valence-electron chi connectivity index (χ2n) is 3.39. The number of halogens is 1. The SMILES string of the molecule is COC(=O)c1cccc(C)c1CCCBr. The maximum atomic E-state index is 11.5. The number of methoxy groups -OCH3 is 1. The third kappa shape index (κ3) is 3.06. The summed E-state index contributed by atoms with van der Waals surface area (Å²) < 4.78 is 4.76.